The summed E-state index contributed by atoms with van der Waals surface area (Å²) in [6, 6.07) is 9.54. The van der Waals surface area contributed by atoms with Crippen molar-refractivity contribution in [3.8, 4) is 11.1 Å². The fourth-order valence-corrected chi connectivity index (χ4v) is 2.81. The molecule has 0 heterocycles. The molecule has 2 heteroatoms. The van der Waals surface area contributed by atoms with E-state index in [1.807, 2.05) is 13.0 Å². The first-order valence-electron chi connectivity index (χ1n) is 6.83. The number of aryl methyl sites for hydroxylation is 3. The number of nitrogens with two attached hydrogens (primary N) is 1. The Kier molecular flexibility index (Phi) is 3.02. The molecule has 0 spiro atoms. The summed E-state index contributed by atoms with van der Waals surface area (Å²) < 4.78 is 14.1. The van der Waals surface area contributed by atoms with Gasteiger partial charge in [-0.25, -0.2) is 4.39 Å². The number of nitrogen functional groups attached to an aromatic ring is 1. The summed E-state index contributed by atoms with van der Waals surface area (Å²) in [7, 11) is 0. The van der Waals surface area contributed by atoms with Gasteiger partial charge < -0.3 is 5.73 Å². The Bertz CT molecular complexity index is 631. The van der Waals surface area contributed by atoms with Crippen LogP contribution >= 0.6 is 0 Å². The van der Waals surface area contributed by atoms with Gasteiger partial charge in [0, 0.05) is 11.3 Å². The molecule has 1 nitrogen and oxygen atoms in total. The molecule has 0 unspecified atom stereocenters. The van der Waals surface area contributed by atoms with E-state index in [1.165, 1.54) is 30.0 Å². The lowest BCUT2D eigenvalue weighted by Crippen LogP contribution is -2.02. The van der Waals surface area contributed by atoms with E-state index in [4.69, 9.17) is 5.73 Å². The highest BCUT2D eigenvalue weighted by atomic mass is 19.1. The van der Waals surface area contributed by atoms with Crippen molar-refractivity contribution >= 4 is 5.69 Å². The van der Waals surface area contributed by atoms with Gasteiger partial charge in [0.15, 0.2) is 0 Å². The first kappa shape index (κ1) is 12.2. The van der Waals surface area contributed by atoms with E-state index in [0.717, 1.165) is 24.0 Å². The molecule has 2 aromatic carbocycles. The van der Waals surface area contributed by atoms with Crippen molar-refractivity contribution in [3.05, 3.63) is 52.8 Å². The normalized spacial score (nSPS) is 14.2. The zero-order valence-electron chi connectivity index (χ0n) is 11.2. The summed E-state index contributed by atoms with van der Waals surface area (Å²) in [4.78, 5) is 0. The largest absolute Gasteiger partial charge is 0.398 e. The van der Waals surface area contributed by atoms with Crippen LogP contribution in [0.15, 0.2) is 30.3 Å². The van der Waals surface area contributed by atoms with Gasteiger partial charge in [0.25, 0.3) is 0 Å². The Morgan fingerprint density at radius 2 is 1.74 bits per heavy atom. The summed E-state index contributed by atoms with van der Waals surface area (Å²) in [5.74, 6) is -0.192. The molecule has 0 aromatic heterocycles. The second-order valence-electron chi connectivity index (χ2n) is 5.38. The smallest absolute Gasteiger partial charge is 0.131 e. The minimum Gasteiger partial charge on any atom is -0.398 e. The Morgan fingerprint density at radius 3 is 2.53 bits per heavy atom. The van der Waals surface area contributed by atoms with Crippen molar-refractivity contribution in [3.63, 3.8) is 0 Å². The number of halogens is 1. The first-order valence-corrected chi connectivity index (χ1v) is 6.83. The Labute approximate surface area is 113 Å². The maximum atomic E-state index is 14.1. The van der Waals surface area contributed by atoms with E-state index in [1.54, 1.807) is 6.07 Å². The summed E-state index contributed by atoms with van der Waals surface area (Å²) in [6.07, 6.45) is 4.74. The van der Waals surface area contributed by atoms with E-state index in [2.05, 4.69) is 12.1 Å². The number of anilines is 1. The van der Waals surface area contributed by atoms with Crippen LogP contribution in [0.5, 0.6) is 0 Å². The van der Waals surface area contributed by atoms with E-state index in [-0.39, 0.29) is 5.82 Å². The van der Waals surface area contributed by atoms with Crippen LogP contribution in [0.4, 0.5) is 10.1 Å². The third-order valence-corrected chi connectivity index (χ3v) is 4.02. The zero-order valence-corrected chi connectivity index (χ0v) is 11.2. The molecule has 0 saturated carbocycles. The number of hydrogen-bond donors (Lipinski definition) is 1. The summed E-state index contributed by atoms with van der Waals surface area (Å²) in [6.45, 7) is 1.83. The second-order valence-corrected chi connectivity index (χ2v) is 5.38. The van der Waals surface area contributed by atoms with Crippen LogP contribution < -0.4 is 5.73 Å². The fraction of sp³-hybridized carbons (Fsp3) is 0.294. The van der Waals surface area contributed by atoms with Crippen molar-refractivity contribution < 1.29 is 4.39 Å². The molecule has 3 rings (SSSR count). The molecule has 0 fully saturated rings. The maximum Gasteiger partial charge on any atom is 0.131 e. The predicted octanol–water partition coefficient (Wildman–Crippen LogP) is 4.26. The SMILES string of the molecule is Cc1cc(F)c(-c2ccc3c(c2)CCCC3)cc1N. The molecule has 2 aromatic rings. The van der Waals surface area contributed by atoms with Crippen LogP contribution in [0, 0.1) is 12.7 Å². The molecule has 98 valence electrons. The topological polar surface area (TPSA) is 26.0 Å². The molecule has 1 aliphatic carbocycles. The summed E-state index contributed by atoms with van der Waals surface area (Å²) >= 11 is 0. The molecule has 2 N–H and O–H groups in total. The maximum absolute atomic E-state index is 14.1. The molecule has 0 saturated heterocycles. The minimum absolute atomic E-state index is 0.192. The molecular formula is C17H18FN. The van der Waals surface area contributed by atoms with Gasteiger partial charge in [0.05, 0.1) is 0 Å². The summed E-state index contributed by atoms with van der Waals surface area (Å²) in [5.41, 5.74) is 11.7. The van der Waals surface area contributed by atoms with Gasteiger partial charge in [-0.2, -0.15) is 0 Å². The number of benzene rings is 2. The zero-order chi connectivity index (χ0) is 13.4. The van der Waals surface area contributed by atoms with Gasteiger partial charge in [0.1, 0.15) is 5.82 Å². The van der Waals surface area contributed by atoms with Crippen molar-refractivity contribution in [1.29, 1.82) is 0 Å². The van der Waals surface area contributed by atoms with Crippen molar-refractivity contribution in [2.75, 3.05) is 5.73 Å². The van der Waals surface area contributed by atoms with Gasteiger partial charge >= 0.3 is 0 Å². The highest BCUT2D eigenvalue weighted by Gasteiger charge is 2.13. The van der Waals surface area contributed by atoms with Gasteiger partial charge in [-0.15, -0.1) is 0 Å². The van der Waals surface area contributed by atoms with Gasteiger partial charge in [0.2, 0.25) is 0 Å². The quantitative estimate of drug-likeness (QED) is 0.757. The van der Waals surface area contributed by atoms with Crippen LogP contribution in [-0.4, -0.2) is 0 Å². The monoisotopic (exact) mass is 255 g/mol. The molecule has 19 heavy (non-hydrogen) atoms. The van der Waals surface area contributed by atoms with Gasteiger partial charge in [-0.1, -0.05) is 18.2 Å². The fourth-order valence-electron chi connectivity index (χ4n) is 2.81. The van der Waals surface area contributed by atoms with Crippen molar-refractivity contribution in [2.24, 2.45) is 0 Å². The summed E-state index contributed by atoms with van der Waals surface area (Å²) in [5, 5.41) is 0. The lowest BCUT2D eigenvalue weighted by atomic mass is 9.89. The van der Waals surface area contributed by atoms with E-state index in [9.17, 15) is 4.39 Å². The Morgan fingerprint density at radius 1 is 1.00 bits per heavy atom. The van der Waals surface area contributed by atoms with Crippen LogP contribution in [0.1, 0.15) is 29.5 Å². The third kappa shape index (κ3) is 2.23. The molecule has 0 aliphatic heterocycles. The Balaban J connectivity index is 2.09. The third-order valence-electron chi connectivity index (χ3n) is 4.02. The van der Waals surface area contributed by atoms with Crippen LogP contribution in [0.3, 0.4) is 0 Å². The highest BCUT2D eigenvalue weighted by Crippen LogP contribution is 2.31. The van der Waals surface area contributed by atoms with Gasteiger partial charge in [-0.05, 0) is 67.0 Å². The van der Waals surface area contributed by atoms with E-state index < -0.39 is 0 Å². The minimum atomic E-state index is -0.192. The molecular weight excluding hydrogens is 237 g/mol. The van der Waals surface area contributed by atoms with Crippen LogP contribution in [-0.2, 0) is 12.8 Å². The first-order chi connectivity index (χ1) is 9.15. The van der Waals surface area contributed by atoms with Crippen molar-refractivity contribution in [2.45, 2.75) is 32.6 Å². The van der Waals surface area contributed by atoms with Crippen LogP contribution in [0.25, 0.3) is 11.1 Å². The Hall–Kier alpha value is -1.83. The molecule has 1 aliphatic rings. The average Bonchev–Trinajstić information content (AvgIpc) is 2.42. The second kappa shape index (κ2) is 4.69. The van der Waals surface area contributed by atoms with Crippen LogP contribution in [0.2, 0.25) is 0 Å². The molecule has 0 bridgehead atoms. The van der Waals surface area contributed by atoms with Crippen molar-refractivity contribution in [1.82, 2.24) is 0 Å². The average molecular weight is 255 g/mol. The molecule has 0 atom stereocenters. The number of rotatable bonds is 1. The van der Waals surface area contributed by atoms with Gasteiger partial charge in [-0.3, -0.25) is 0 Å². The number of hydrogen-bond acceptors (Lipinski definition) is 1. The lowest BCUT2D eigenvalue weighted by molar-refractivity contribution is 0.630. The molecule has 0 amide bonds. The van der Waals surface area contributed by atoms with E-state index >= 15 is 0 Å². The lowest BCUT2D eigenvalue weighted by Gasteiger charge is -2.17. The highest BCUT2D eigenvalue weighted by molar-refractivity contribution is 5.70. The predicted molar refractivity (Wildman–Crippen MR) is 77.6 cm³/mol. The standard InChI is InChI=1S/C17H18FN/c1-11-8-16(18)15(10-17(11)19)14-7-6-12-4-2-3-5-13(12)9-14/h6-10H,2-5,19H2,1H3. The van der Waals surface area contributed by atoms with E-state index in [0.29, 0.717) is 11.3 Å². The number of fused-ring (bicyclic) bond motifs is 1. The molecule has 0 radical (unpaired) electrons.